The van der Waals surface area contributed by atoms with Crippen LogP contribution in [0.4, 0.5) is 0 Å². The highest BCUT2D eigenvalue weighted by Gasteiger charge is 2.32. The summed E-state index contributed by atoms with van der Waals surface area (Å²) in [4.78, 5) is 27.6. The smallest absolute Gasteiger partial charge is 0.287 e. The van der Waals surface area contributed by atoms with Crippen molar-refractivity contribution >= 4 is 11.8 Å². The number of furan rings is 1. The first-order chi connectivity index (χ1) is 15.5. The number of hydrogen-bond donors (Lipinski definition) is 1. The van der Waals surface area contributed by atoms with Crippen molar-refractivity contribution < 1.29 is 14.0 Å². The van der Waals surface area contributed by atoms with Crippen molar-refractivity contribution in [3.05, 3.63) is 70.4 Å². The summed E-state index contributed by atoms with van der Waals surface area (Å²) in [6, 6.07) is 11.7. The molecule has 1 fully saturated rings. The van der Waals surface area contributed by atoms with E-state index in [0.717, 1.165) is 48.9 Å². The van der Waals surface area contributed by atoms with Crippen LogP contribution in [-0.4, -0.2) is 45.6 Å². The van der Waals surface area contributed by atoms with Crippen molar-refractivity contribution in [1.29, 1.82) is 0 Å². The second-order valence-electron chi connectivity index (χ2n) is 8.78. The van der Waals surface area contributed by atoms with Gasteiger partial charge in [0.1, 0.15) is 5.76 Å². The molecule has 1 saturated heterocycles. The minimum absolute atomic E-state index is 0.00178. The lowest BCUT2D eigenvalue weighted by Crippen LogP contribution is -2.46. The van der Waals surface area contributed by atoms with E-state index >= 15 is 0 Å². The predicted molar refractivity (Wildman–Crippen MR) is 120 cm³/mol. The second kappa shape index (κ2) is 8.30. The van der Waals surface area contributed by atoms with Crippen molar-refractivity contribution in [3.63, 3.8) is 0 Å². The van der Waals surface area contributed by atoms with Gasteiger partial charge in [-0.25, -0.2) is 4.68 Å². The van der Waals surface area contributed by atoms with Crippen LogP contribution in [0.25, 0.3) is 5.69 Å². The normalized spacial score (nSPS) is 16.2. The minimum Gasteiger partial charge on any atom is -0.456 e. The molecule has 32 heavy (non-hydrogen) atoms. The van der Waals surface area contributed by atoms with Gasteiger partial charge in [0.15, 0.2) is 11.5 Å². The van der Waals surface area contributed by atoms with Gasteiger partial charge in [-0.3, -0.25) is 9.59 Å². The molecule has 2 aromatic heterocycles. The maximum absolute atomic E-state index is 13.4. The molecular formula is C25H28N4O3. The molecular weight excluding hydrogens is 404 g/mol. The lowest BCUT2D eigenvalue weighted by Gasteiger charge is -2.32. The van der Waals surface area contributed by atoms with Gasteiger partial charge < -0.3 is 14.6 Å². The van der Waals surface area contributed by atoms with Gasteiger partial charge in [-0.15, -0.1) is 0 Å². The summed E-state index contributed by atoms with van der Waals surface area (Å²) >= 11 is 0. The highest BCUT2D eigenvalue weighted by atomic mass is 16.3. The SMILES string of the molecule is Cc1ccc(C(=O)NC2CCN(C(=O)c3nn(-c4ccccc4C)c4c3CCC4)CC2)o1. The number of aryl methyl sites for hydroxylation is 2. The third kappa shape index (κ3) is 3.72. The van der Waals surface area contributed by atoms with Gasteiger partial charge in [0.05, 0.1) is 5.69 Å². The molecule has 0 atom stereocenters. The third-order valence-corrected chi connectivity index (χ3v) is 6.56. The van der Waals surface area contributed by atoms with Crippen LogP contribution in [0.15, 0.2) is 40.8 Å². The molecule has 1 N–H and O–H groups in total. The Hall–Kier alpha value is -3.35. The molecule has 1 aromatic carbocycles. The van der Waals surface area contributed by atoms with Crippen LogP contribution in [0.3, 0.4) is 0 Å². The molecule has 2 aliphatic rings. The fourth-order valence-electron chi connectivity index (χ4n) is 4.80. The summed E-state index contributed by atoms with van der Waals surface area (Å²) in [5.41, 5.74) is 5.04. The Labute approximate surface area is 187 Å². The highest BCUT2D eigenvalue weighted by Crippen LogP contribution is 2.30. The average molecular weight is 433 g/mol. The maximum atomic E-state index is 13.4. The molecule has 0 unspecified atom stereocenters. The largest absolute Gasteiger partial charge is 0.456 e. The number of likely N-dealkylation sites (tertiary alicyclic amines) is 1. The molecule has 3 aromatic rings. The van der Waals surface area contributed by atoms with Crippen LogP contribution < -0.4 is 5.32 Å². The van der Waals surface area contributed by atoms with Crippen molar-refractivity contribution in [2.45, 2.75) is 52.0 Å². The Kier molecular flexibility index (Phi) is 5.33. The molecule has 3 heterocycles. The molecule has 0 radical (unpaired) electrons. The minimum atomic E-state index is -0.197. The van der Waals surface area contributed by atoms with Crippen LogP contribution >= 0.6 is 0 Å². The monoisotopic (exact) mass is 432 g/mol. The number of hydrogen-bond acceptors (Lipinski definition) is 4. The van der Waals surface area contributed by atoms with Gasteiger partial charge in [0.2, 0.25) is 0 Å². The van der Waals surface area contributed by atoms with Gasteiger partial charge in [-0.1, -0.05) is 18.2 Å². The lowest BCUT2D eigenvalue weighted by molar-refractivity contribution is 0.0688. The Balaban J connectivity index is 1.28. The van der Waals surface area contributed by atoms with Gasteiger partial charge in [0, 0.05) is 30.4 Å². The molecule has 5 rings (SSSR count). The molecule has 0 bridgehead atoms. The lowest BCUT2D eigenvalue weighted by atomic mass is 10.0. The zero-order valence-corrected chi connectivity index (χ0v) is 18.6. The van der Waals surface area contributed by atoms with Gasteiger partial charge in [-0.2, -0.15) is 5.10 Å². The van der Waals surface area contributed by atoms with E-state index in [-0.39, 0.29) is 17.9 Å². The Bertz CT molecular complexity index is 1170. The molecule has 7 nitrogen and oxygen atoms in total. The number of carbonyl (C=O) groups is 2. The molecule has 0 spiro atoms. The second-order valence-corrected chi connectivity index (χ2v) is 8.78. The van der Waals surface area contributed by atoms with Crippen LogP contribution in [0.2, 0.25) is 0 Å². The standard InChI is InChI=1S/C25H28N4O3/c1-16-6-3-4-8-20(16)29-21-9-5-7-19(21)23(27-29)25(31)28-14-12-18(13-15-28)26-24(30)22-11-10-17(2)32-22/h3-4,6,8,10-11,18H,5,7,9,12-15H2,1-2H3,(H,26,30). The number of benzene rings is 1. The van der Waals surface area contributed by atoms with Crippen molar-refractivity contribution in [2.24, 2.45) is 0 Å². The highest BCUT2D eigenvalue weighted by molar-refractivity contribution is 5.94. The van der Waals surface area contributed by atoms with E-state index in [1.165, 1.54) is 5.69 Å². The maximum Gasteiger partial charge on any atom is 0.287 e. The average Bonchev–Trinajstić information content (AvgIpc) is 3.51. The number of para-hydroxylation sites is 1. The molecule has 7 heteroatoms. The van der Waals surface area contributed by atoms with Gasteiger partial charge in [-0.05, 0) is 69.7 Å². The van der Waals surface area contributed by atoms with E-state index in [2.05, 4.69) is 24.4 Å². The van der Waals surface area contributed by atoms with Crippen LogP contribution in [0.5, 0.6) is 0 Å². The number of carbonyl (C=O) groups excluding carboxylic acids is 2. The van der Waals surface area contributed by atoms with Gasteiger partial charge in [0.25, 0.3) is 11.8 Å². The molecule has 0 saturated carbocycles. The van der Waals surface area contributed by atoms with E-state index in [0.29, 0.717) is 30.3 Å². The van der Waals surface area contributed by atoms with Crippen molar-refractivity contribution in [3.8, 4) is 5.69 Å². The van der Waals surface area contributed by atoms with E-state index in [1.807, 2.05) is 28.6 Å². The van der Waals surface area contributed by atoms with Crippen molar-refractivity contribution in [1.82, 2.24) is 20.0 Å². The number of amides is 2. The fourth-order valence-corrected chi connectivity index (χ4v) is 4.80. The van der Waals surface area contributed by atoms with Crippen LogP contribution in [0, 0.1) is 13.8 Å². The predicted octanol–water partition coefficient (Wildman–Crippen LogP) is 3.61. The van der Waals surface area contributed by atoms with Crippen LogP contribution in [0.1, 0.15) is 62.9 Å². The Morgan fingerprint density at radius 1 is 1.06 bits per heavy atom. The fraction of sp³-hybridized carbons (Fsp3) is 0.400. The molecule has 166 valence electrons. The first-order valence-corrected chi connectivity index (χ1v) is 11.3. The van der Waals surface area contributed by atoms with E-state index in [9.17, 15) is 9.59 Å². The van der Waals surface area contributed by atoms with E-state index in [1.54, 1.807) is 12.1 Å². The number of piperidine rings is 1. The summed E-state index contributed by atoms with van der Waals surface area (Å²) in [5, 5.41) is 7.82. The van der Waals surface area contributed by atoms with E-state index < -0.39 is 0 Å². The van der Waals surface area contributed by atoms with Crippen molar-refractivity contribution in [2.75, 3.05) is 13.1 Å². The van der Waals surface area contributed by atoms with Crippen LogP contribution in [-0.2, 0) is 12.8 Å². The summed E-state index contributed by atoms with van der Waals surface area (Å²) in [5.74, 6) is 0.853. The number of nitrogens with one attached hydrogen (secondary N) is 1. The molecule has 2 amide bonds. The molecule has 1 aliphatic carbocycles. The van der Waals surface area contributed by atoms with Gasteiger partial charge >= 0.3 is 0 Å². The summed E-state index contributed by atoms with van der Waals surface area (Å²) in [7, 11) is 0. The number of fused-ring (bicyclic) bond motifs is 1. The Morgan fingerprint density at radius 3 is 2.56 bits per heavy atom. The third-order valence-electron chi connectivity index (χ3n) is 6.56. The Morgan fingerprint density at radius 2 is 1.84 bits per heavy atom. The molecule has 1 aliphatic heterocycles. The zero-order chi connectivity index (χ0) is 22.2. The van der Waals surface area contributed by atoms with E-state index in [4.69, 9.17) is 9.52 Å². The summed E-state index contributed by atoms with van der Waals surface area (Å²) in [6.45, 7) is 5.10. The first-order valence-electron chi connectivity index (χ1n) is 11.3. The number of rotatable bonds is 4. The first kappa shape index (κ1) is 20.5. The number of aromatic nitrogens is 2. The topological polar surface area (TPSA) is 80.4 Å². The summed E-state index contributed by atoms with van der Waals surface area (Å²) in [6.07, 6.45) is 4.34. The number of nitrogens with zero attached hydrogens (tertiary/aromatic N) is 3. The zero-order valence-electron chi connectivity index (χ0n) is 18.6. The summed E-state index contributed by atoms with van der Waals surface area (Å²) < 4.78 is 7.38. The quantitative estimate of drug-likeness (QED) is 0.683.